The minimum atomic E-state index is -1.31. The topological polar surface area (TPSA) is 101 Å². The lowest BCUT2D eigenvalue weighted by atomic mass is 9.94. The molecular formula is C29H36N4O5S. The standard InChI is InChI=1S/C29H36N4O5S/c1-29(2,3)24-18-22(26(39-24)28(35)32(4)5)30-27(34)25(31-36)21-10-11-23(20-9-7-6-8-19(20)21)38-17-14-33-12-15-37-16-13-33/h6-11,18,25H,12-17H2,1-5H3,(H,30,34). The van der Waals surface area contributed by atoms with E-state index in [1.807, 2.05) is 51.1 Å². The van der Waals surface area contributed by atoms with E-state index in [1.165, 1.54) is 16.2 Å². The van der Waals surface area contributed by atoms with E-state index >= 15 is 0 Å². The number of carbonyl (C=O) groups is 2. The first kappa shape index (κ1) is 28.7. The maximum Gasteiger partial charge on any atom is 0.265 e. The molecule has 1 aliphatic heterocycles. The number of anilines is 1. The number of benzene rings is 2. The van der Waals surface area contributed by atoms with Gasteiger partial charge in [-0.15, -0.1) is 16.2 Å². The minimum absolute atomic E-state index is 0.217. The molecule has 208 valence electrons. The summed E-state index contributed by atoms with van der Waals surface area (Å²) in [4.78, 5) is 43.5. The van der Waals surface area contributed by atoms with Crippen LogP contribution in [0.3, 0.4) is 0 Å². The fraction of sp³-hybridized carbons (Fsp3) is 0.448. The first-order chi connectivity index (χ1) is 18.6. The second-order valence-corrected chi connectivity index (χ2v) is 11.9. The molecule has 2 amide bonds. The number of hydrogen-bond acceptors (Lipinski definition) is 8. The van der Waals surface area contributed by atoms with E-state index in [4.69, 9.17) is 9.47 Å². The number of nitrogens with zero attached hydrogens (tertiary/aromatic N) is 3. The van der Waals surface area contributed by atoms with Crippen LogP contribution in [-0.4, -0.2) is 75.2 Å². The zero-order valence-corrected chi connectivity index (χ0v) is 24.0. The summed E-state index contributed by atoms with van der Waals surface area (Å²) in [7, 11) is 3.33. The molecular weight excluding hydrogens is 516 g/mol. The fourth-order valence-electron chi connectivity index (χ4n) is 4.43. The van der Waals surface area contributed by atoms with Gasteiger partial charge in [0.2, 0.25) is 0 Å². The van der Waals surface area contributed by atoms with Gasteiger partial charge >= 0.3 is 0 Å². The molecule has 1 unspecified atom stereocenters. The molecule has 4 rings (SSSR count). The molecule has 3 aromatic rings. The van der Waals surface area contributed by atoms with Crippen LogP contribution < -0.4 is 10.1 Å². The van der Waals surface area contributed by atoms with Gasteiger partial charge in [0.25, 0.3) is 11.8 Å². The minimum Gasteiger partial charge on any atom is -0.492 e. The molecule has 1 atom stereocenters. The molecule has 0 spiro atoms. The van der Waals surface area contributed by atoms with Crippen molar-refractivity contribution in [3.05, 3.63) is 62.7 Å². The maximum absolute atomic E-state index is 13.5. The second kappa shape index (κ2) is 12.2. The highest BCUT2D eigenvalue weighted by Gasteiger charge is 2.29. The lowest BCUT2D eigenvalue weighted by Gasteiger charge is -2.26. The molecule has 1 N–H and O–H groups in total. The van der Waals surface area contributed by atoms with E-state index in [9.17, 15) is 14.5 Å². The second-order valence-electron chi connectivity index (χ2n) is 10.8. The van der Waals surface area contributed by atoms with Gasteiger partial charge < -0.3 is 19.7 Å². The lowest BCUT2D eigenvalue weighted by Crippen LogP contribution is -2.38. The number of rotatable bonds is 9. The number of nitroso groups, excluding NO2 is 1. The van der Waals surface area contributed by atoms with Crippen LogP contribution in [0.4, 0.5) is 5.69 Å². The van der Waals surface area contributed by atoms with Crippen molar-refractivity contribution in [1.29, 1.82) is 0 Å². The van der Waals surface area contributed by atoms with Gasteiger partial charge in [0, 0.05) is 44.0 Å². The molecule has 0 aliphatic carbocycles. The zero-order chi connectivity index (χ0) is 28.2. The molecule has 1 aromatic heterocycles. The third kappa shape index (κ3) is 6.63. The molecule has 39 heavy (non-hydrogen) atoms. The number of ether oxygens (including phenoxy) is 2. The molecule has 0 saturated carbocycles. The number of hydrogen-bond donors (Lipinski definition) is 1. The summed E-state index contributed by atoms with van der Waals surface area (Å²) in [5, 5.41) is 7.54. The highest BCUT2D eigenvalue weighted by molar-refractivity contribution is 7.14. The van der Waals surface area contributed by atoms with Gasteiger partial charge in [-0.25, -0.2) is 0 Å². The van der Waals surface area contributed by atoms with Crippen LogP contribution >= 0.6 is 11.3 Å². The number of amides is 2. The third-order valence-electron chi connectivity index (χ3n) is 6.66. The van der Waals surface area contributed by atoms with Crippen molar-refractivity contribution in [3.63, 3.8) is 0 Å². The van der Waals surface area contributed by atoms with Crippen LogP contribution in [0.1, 0.15) is 46.9 Å². The first-order valence-corrected chi connectivity index (χ1v) is 13.9. The molecule has 10 heteroatoms. The van der Waals surface area contributed by atoms with Gasteiger partial charge in [-0.05, 0) is 28.5 Å². The number of thiophene rings is 1. The van der Waals surface area contributed by atoms with E-state index in [0.29, 0.717) is 33.9 Å². The summed E-state index contributed by atoms with van der Waals surface area (Å²) in [5.41, 5.74) is 0.644. The number of morpholine rings is 1. The van der Waals surface area contributed by atoms with E-state index < -0.39 is 11.9 Å². The number of nitrogens with one attached hydrogen (secondary N) is 1. The van der Waals surface area contributed by atoms with Gasteiger partial charge in [-0.2, -0.15) is 0 Å². The maximum atomic E-state index is 13.5. The quantitative estimate of drug-likeness (QED) is 0.373. The Morgan fingerprint density at radius 1 is 1.13 bits per heavy atom. The van der Waals surface area contributed by atoms with Crippen molar-refractivity contribution >= 4 is 39.6 Å². The zero-order valence-electron chi connectivity index (χ0n) is 23.2. The number of fused-ring (bicyclic) bond motifs is 1. The van der Waals surface area contributed by atoms with Gasteiger partial charge in [-0.3, -0.25) is 14.5 Å². The van der Waals surface area contributed by atoms with Crippen LogP contribution in [0, 0.1) is 4.91 Å². The lowest BCUT2D eigenvalue weighted by molar-refractivity contribution is -0.117. The molecule has 2 aromatic carbocycles. The Labute approximate surface area is 233 Å². The van der Waals surface area contributed by atoms with Crippen molar-refractivity contribution in [2.24, 2.45) is 5.18 Å². The monoisotopic (exact) mass is 552 g/mol. The molecule has 1 fully saturated rings. The smallest absolute Gasteiger partial charge is 0.265 e. The molecule has 0 bridgehead atoms. The first-order valence-electron chi connectivity index (χ1n) is 13.0. The van der Waals surface area contributed by atoms with Crippen molar-refractivity contribution in [3.8, 4) is 5.75 Å². The summed E-state index contributed by atoms with van der Waals surface area (Å²) in [6, 6.07) is 11.5. The van der Waals surface area contributed by atoms with Gasteiger partial charge in [0.1, 0.15) is 17.2 Å². The largest absolute Gasteiger partial charge is 0.492 e. The summed E-state index contributed by atoms with van der Waals surface area (Å²) in [6.07, 6.45) is 0. The fourth-order valence-corrected chi connectivity index (χ4v) is 5.62. The summed E-state index contributed by atoms with van der Waals surface area (Å²) >= 11 is 1.34. The van der Waals surface area contributed by atoms with Crippen molar-refractivity contribution in [2.75, 3.05) is 58.9 Å². The van der Waals surface area contributed by atoms with E-state index in [1.54, 1.807) is 26.2 Å². The average Bonchev–Trinajstić information content (AvgIpc) is 3.34. The Bertz CT molecular complexity index is 1340. The van der Waals surface area contributed by atoms with Gasteiger partial charge in [-0.1, -0.05) is 56.3 Å². The Morgan fingerprint density at radius 3 is 2.46 bits per heavy atom. The normalized spacial score (nSPS) is 15.1. The van der Waals surface area contributed by atoms with Gasteiger partial charge in [0.05, 0.1) is 18.9 Å². The predicted octanol–water partition coefficient (Wildman–Crippen LogP) is 5.06. The highest BCUT2D eigenvalue weighted by atomic mass is 32.1. The van der Waals surface area contributed by atoms with Crippen molar-refractivity contribution in [1.82, 2.24) is 9.80 Å². The van der Waals surface area contributed by atoms with E-state index in [0.717, 1.165) is 43.1 Å². The molecule has 9 nitrogen and oxygen atoms in total. The Kier molecular flexibility index (Phi) is 8.99. The Hall–Kier alpha value is -3.34. The van der Waals surface area contributed by atoms with E-state index in [-0.39, 0.29) is 11.3 Å². The van der Waals surface area contributed by atoms with Crippen LogP contribution in [0.5, 0.6) is 5.75 Å². The SMILES string of the molecule is CN(C)C(=O)c1sc(C(C)(C)C)cc1NC(=O)C(N=O)c1ccc(OCCN2CCOCC2)c2ccccc12. The Balaban J connectivity index is 1.59. The predicted molar refractivity (Wildman–Crippen MR) is 155 cm³/mol. The number of carbonyl (C=O) groups excluding carboxylic acids is 2. The van der Waals surface area contributed by atoms with Crippen LogP contribution in [-0.2, 0) is 14.9 Å². The van der Waals surface area contributed by atoms with Crippen molar-refractivity contribution in [2.45, 2.75) is 32.2 Å². The van der Waals surface area contributed by atoms with E-state index in [2.05, 4.69) is 15.4 Å². The summed E-state index contributed by atoms with van der Waals surface area (Å²) in [5.74, 6) is -0.133. The average molecular weight is 553 g/mol. The van der Waals surface area contributed by atoms with Crippen molar-refractivity contribution < 1.29 is 19.1 Å². The van der Waals surface area contributed by atoms with Crippen LogP contribution in [0.2, 0.25) is 0 Å². The summed E-state index contributed by atoms with van der Waals surface area (Å²) in [6.45, 7) is 10.6. The van der Waals surface area contributed by atoms with Crippen LogP contribution in [0.15, 0.2) is 47.6 Å². The van der Waals surface area contributed by atoms with Crippen LogP contribution in [0.25, 0.3) is 10.8 Å². The highest BCUT2D eigenvalue weighted by Crippen LogP contribution is 2.38. The Morgan fingerprint density at radius 2 is 1.82 bits per heavy atom. The third-order valence-corrected chi connectivity index (χ3v) is 8.21. The summed E-state index contributed by atoms with van der Waals surface area (Å²) < 4.78 is 11.5. The molecule has 2 heterocycles. The molecule has 0 radical (unpaired) electrons. The molecule has 1 saturated heterocycles. The molecule has 1 aliphatic rings. The van der Waals surface area contributed by atoms with Gasteiger partial charge in [0.15, 0.2) is 6.04 Å².